The molecule has 0 radical (unpaired) electrons. The van der Waals surface area contributed by atoms with Crippen molar-refractivity contribution >= 4 is 23.5 Å². The van der Waals surface area contributed by atoms with Gasteiger partial charge in [-0.3, -0.25) is 4.79 Å². The quantitative estimate of drug-likeness (QED) is 0.490. The molecular weight excluding hydrogens is 376 g/mol. The molecule has 7 heteroatoms. The number of nitrogens with zero attached hydrogens (tertiary/aromatic N) is 3. The third-order valence-electron chi connectivity index (χ3n) is 4.03. The summed E-state index contributed by atoms with van der Waals surface area (Å²) in [5, 5.41) is 13.3. The van der Waals surface area contributed by atoms with Crippen LogP contribution in [0, 0.1) is 11.3 Å². The summed E-state index contributed by atoms with van der Waals surface area (Å²) in [6.45, 7) is 1.72. The van der Waals surface area contributed by atoms with Gasteiger partial charge in [0.05, 0.1) is 17.7 Å². The minimum absolute atomic E-state index is 0.233. The standard InChI is InChI=1S/C21H17ClN4O2/c1-2-19(27)28-18-9-8-15(22)12-17(18)20(26-21-24-10-5-11-25-21)16-7-4-3-6-14(16)13-23/h3-12,20H,2H2,1H3,(H,24,25,26). The van der Waals surface area contributed by atoms with Gasteiger partial charge in [-0.1, -0.05) is 36.7 Å². The van der Waals surface area contributed by atoms with E-state index in [0.29, 0.717) is 33.4 Å². The van der Waals surface area contributed by atoms with Crippen molar-refractivity contribution in [3.8, 4) is 11.8 Å². The lowest BCUT2D eigenvalue weighted by Crippen LogP contribution is -2.18. The van der Waals surface area contributed by atoms with Crippen molar-refractivity contribution in [3.63, 3.8) is 0 Å². The highest BCUT2D eigenvalue weighted by Gasteiger charge is 2.23. The van der Waals surface area contributed by atoms with E-state index in [9.17, 15) is 10.1 Å². The minimum atomic E-state index is -0.559. The number of carbonyl (C=O) groups excluding carboxylic acids is 1. The second-order valence-corrected chi connectivity index (χ2v) is 6.30. The lowest BCUT2D eigenvalue weighted by Gasteiger charge is -2.23. The Morgan fingerprint density at radius 1 is 1.18 bits per heavy atom. The van der Waals surface area contributed by atoms with Gasteiger partial charge in [0.25, 0.3) is 0 Å². The normalized spacial score (nSPS) is 11.3. The highest BCUT2D eigenvalue weighted by atomic mass is 35.5. The van der Waals surface area contributed by atoms with E-state index in [4.69, 9.17) is 16.3 Å². The van der Waals surface area contributed by atoms with Crippen LogP contribution in [0.25, 0.3) is 0 Å². The summed E-state index contributed by atoms with van der Waals surface area (Å²) in [4.78, 5) is 20.3. The number of hydrogen-bond donors (Lipinski definition) is 1. The molecule has 28 heavy (non-hydrogen) atoms. The van der Waals surface area contributed by atoms with E-state index in [-0.39, 0.29) is 12.4 Å². The summed E-state index contributed by atoms with van der Waals surface area (Å²) < 4.78 is 5.50. The van der Waals surface area contributed by atoms with Crippen LogP contribution in [0.5, 0.6) is 5.75 Å². The van der Waals surface area contributed by atoms with E-state index in [1.54, 1.807) is 55.7 Å². The number of carbonyl (C=O) groups is 1. The number of rotatable bonds is 6. The highest BCUT2D eigenvalue weighted by Crippen LogP contribution is 2.35. The second kappa shape index (κ2) is 8.98. The fourth-order valence-electron chi connectivity index (χ4n) is 2.71. The van der Waals surface area contributed by atoms with E-state index < -0.39 is 6.04 Å². The van der Waals surface area contributed by atoms with Crippen LogP contribution in [0.2, 0.25) is 5.02 Å². The van der Waals surface area contributed by atoms with Crippen molar-refractivity contribution in [3.05, 3.63) is 82.6 Å². The lowest BCUT2D eigenvalue weighted by molar-refractivity contribution is -0.134. The number of halogens is 1. The molecule has 0 spiro atoms. The first kappa shape index (κ1) is 19.3. The van der Waals surface area contributed by atoms with Gasteiger partial charge in [0.15, 0.2) is 0 Å². The third kappa shape index (κ3) is 4.45. The van der Waals surface area contributed by atoms with Crippen molar-refractivity contribution in [2.24, 2.45) is 0 Å². The number of nitrogens with one attached hydrogen (secondary N) is 1. The molecule has 0 saturated heterocycles. The summed E-state index contributed by atoms with van der Waals surface area (Å²) >= 11 is 6.23. The Balaban J connectivity index is 2.15. The van der Waals surface area contributed by atoms with Crippen LogP contribution in [-0.4, -0.2) is 15.9 Å². The van der Waals surface area contributed by atoms with E-state index in [1.807, 2.05) is 12.1 Å². The molecule has 1 aromatic heterocycles. The number of hydrogen-bond acceptors (Lipinski definition) is 6. The molecule has 1 N–H and O–H groups in total. The van der Waals surface area contributed by atoms with Crippen molar-refractivity contribution in [2.45, 2.75) is 19.4 Å². The van der Waals surface area contributed by atoms with Crippen LogP contribution in [0.15, 0.2) is 60.9 Å². The minimum Gasteiger partial charge on any atom is -0.426 e. The number of ether oxygens (including phenoxy) is 1. The number of anilines is 1. The summed E-state index contributed by atoms with van der Waals surface area (Å²) in [5.41, 5.74) is 1.77. The maximum absolute atomic E-state index is 11.9. The SMILES string of the molecule is CCC(=O)Oc1ccc(Cl)cc1C(Nc1ncccn1)c1ccccc1C#N. The van der Waals surface area contributed by atoms with Crippen molar-refractivity contribution in [1.29, 1.82) is 5.26 Å². The number of benzene rings is 2. The van der Waals surface area contributed by atoms with Crippen LogP contribution in [0.4, 0.5) is 5.95 Å². The summed E-state index contributed by atoms with van der Waals surface area (Å²) in [6.07, 6.45) is 3.45. The van der Waals surface area contributed by atoms with Gasteiger partial charge in [-0.15, -0.1) is 0 Å². The molecule has 0 bridgehead atoms. The van der Waals surface area contributed by atoms with Gasteiger partial charge in [-0.25, -0.2) is 9.97 Å². The molecule has 0 aliphatic rings. The summed E-state index contributed by atoms with van der Waals surface area (Å²) in [6, 6.07) is 15.5. The molecule has 1 atom stereocenters. The Bertz CT molecular complexity index is 1020. The molecule has 1 heterocycles. The monoisotopic (exact) mass is 392 g/mol. The van der Waals surface area contributed by atoms with Gasteiger partial charge in [-0.05, 0) is 35.9 Å². The van der Waals surface area contributed by atoms with Crippen LogP contribution in [-0.2, 0) is 4.79 Å². The van der Waals surface area contributed by atoms with Crippen molar-refractivity contribution < 1.29 is 9.53 Å². The average molecular weight is 393 g/mol. The number of nitriles is 1. The van der Waals surface area contributed by atoms with E-state index in [2.05, 4.69) is 21.4 Å². The van der Waals surface area contributed by atoms with Gasteiger partial charge in [0.1, 0.15) is 5.75 Å². The molecule has 1 unspecified atom stereocenters. The summed E-state index contributed by atoms with van der Waals surface area (Å²) in [7, 11) is 0. The van der Waals surface area contributed by atoms with Crippen LogP contribution < -0.4 is 10.1 Å². The van der Waals surface area contributed by atoms with Crippen LogP contribution >= 0.6 is 11.6 Å². The van der Waals surface area contributed by atoms with Gasteiger partial charge in [0.2, 0.25) is 5.95 Å². The predicted molar refractivity (Wildman–Crippen MR) is 106 cm³/mol. The first-order chi connectivity index (χ1) is 13.6. The van der Waals surface area contributed by atoms with E-state index in [1.165, 1.54) is 0 Å². The second-order valence-electron chi connectivity index (χ2n) is 5.86. The molecule has 0 aliphatic heterocycles. The largest absolute Gasteiger partial charge is 0.426 e. The van der Waals surface area contributed by atoms with E-state index >= 15 is 0 Å². The molecule has 0 amide bonds. The summed E-state index contributed by atoms with van der Waals surface area (Å²) in [5.74, 6) is 0.359. The first-order valence-electron chi connectivity index (χ1n) is 8.65. The van der Waals surface area contributed by atoms with Crippen LogP contribution in [0.1, 0.15) is 36.1 Å². The van der Waals surface area contributed by atoms with Crippen LogP contribution in [0.3, 0.4) is 0 Å². The molecule has 0 fully saturated rings. The highest BCUT2D eigenvalue weighted by molar-refractivity contribution is 6.30. The Morgan fingerprint density at radius 2 is 1.93 bits per heavy atom. The fourth-order valence-corrected chi connectivity index (χ4v) is 2.89. The molecule has 0 aliphatic carbocycles. The topological polar surface area (TPSA) is 87.9 Å². The van der Waals surface area contributed by atoms with Gasteiger partial charge < -0.3 is 10.1 Å². The molecule has 140 valence electrons. The van der Waals surface area contributed by atoms with E-state index in [0.717, 1.165) is 0 Å². The molecule has 0 saturated carbocycles. The molecule has 2 aromatic carbocycles. The zero-order chi connectivity index (χ0) is 19.9. The maximum Gasteiger partial charge on any atom is 0.310 e. The van der Waals surface area contributed by atoms with Gasteiger partial charge in [0, 0.05) is 29.4 Å². The first-order valence-corrected chi connectivity index (χ1v) is 9.03. The Morgan fingerprint density at radius 3 is 2.64 bits per heavy atom. The van der Waals surface area contributed by atoms with Crippen molar-refractivity contribution in [1.82, 2.24) is 9.97 Å². The molecule has 3 aromatic rings. The molecule has 6 nitrogen and oxygen atoms in total. The Kier molecular flexibility index (Phi) is 6.20. The smallest absolute Gasteiger partial charge is 0.310 e. The van der Waals surface area contributed by atoms with Gasteiger partial charge in [-0.2, -0.15) is 5.26 Å². The van der Waals surface area contributed by atoms with Gasteiger partial charge >= 0.3 is 5.97 Å². The number of aromatic nitrogens is 2. The number of esters is 1. The third-order valence-corrected chi connectivity index (χ3v) is 4.26. The zero-order valence-corrected chi connectivity index (χ0v) is 15.8. The Hall–Kier alpha value is -3.43. The zero-order valence-electron chi connectivity index (χ0n) is 15.1. The van der Waals surface area contributed by atoms with Crippen molar-refractivity contribution in [2.75, 3.05) is 5.32 Å². The molecular formula is C21H17ClN4O2. The Labute approximate surface area is 167 Å². The average Bonchev–Trinajstić information content (AvgIpc) is 2.74. The predicted octanol–water partition coefficient (Wildman–Crippen LogP) is 4.52. The fraction of sp³-hybridized carbons (Fsp3) is 0.143. The maximum atomic E-state index is 11.9. The molecule has 3 rings (SSSR count). The lowest BCUT2D eigenvalue weighted by atomic mass is 9.94.